The van der Waals surface area contributed by atoms with Gasteiger partial charge < -0.3 is 43.5 Å². The second kappa shape index (κ2) is 22.8. The number of fused-ring (bicyclic) bond motifs is 7. The maximum atomic E-state index is 15.4. The van der Waals surface area contributed by atoms with Crippen molar-refractivity contribution in [3.63, 3.8) is 0 Å². The third-order valence-corrected chi connectivity index (χ3v) is 21.0. The molecule has 3 aromatic rings. The number of pyridine rings is 1. The van der Waals surface area contributed by atoms with Gasteiger partial charge in [-0.3, -0.25) is 43.9 Å². The highest BCUT2D eigenvalue weighted by Crippen LogP contribution is 2.49. The van der Waals surface area contributed by atoms with E-state index in [1.54, 1.807) is 12.1 Å². The second-order valence-electron chi connectivity index (χ2n) is 27.1. The summed E-state index contributed by atoms with van der Waals surface area (Å²) in [4.78, 5) is 78.3. The lowest BCUT2D eigenvalue weighted by Crippen LogP contribution is -2.62. The standard InChI is InChI=1S/C63H91N11O8/c1-7-73-52-17-16-43-29-47(52)49(56(73)48-30-44(33-64-53(48)40(2)79-6)69-24-23-68-25-27-80-36-45(68)34-69)32-62(3,4)39-82-61(78)50-13-10-20-74(66-50)59(76)51(31-46-35-70(43)26-28-81-46)65-58(75)55(41-11-8-9-12-41)71-21-18-63(37-71)19-22-72(38-63)60(77)57-54(67(57)5)42-14-15-42/h16-17,29-30,33,40-42,45-46,50-51,54-55,57,66H,7-15,18-28,31-32,34-39H2,1-6H3,(H,65,75)/t40-,45-,46-,50-,51-,54+,55-,57+,63-,67?/m0/s1. The Morgan fingerprint density at radius 3 is 2.54 bits per heavy atom. The Morgan fingerprint density at radius 2 is 1.73 bits per heavy atom. The smallest absolute Gasteiger partial charge is 0.324 e. The molecule has 10 heterocycles. The Hall–Kier alpha value is -4.89. The fourth-order valence-corrected chi connectivity index (χ4v) is 16.2. The van der Waals surface area contributed by atoms with Crippen LogP contribution in [0.3, 0.4) is 0 Å². The summed E-state index contributed by atoms with van der Waals surface area (Å²) >= 11 is 0. The lowest BCUT2D eigenvalue weighted by Gasteiger charge is -2.44. The van der Waals surface area contributed by atoms with Crippen LogP contribution in [0.15, 0.2) is 30.5 Å². The van der Waals surface area contributed by atoms with Gasteiger partial charge in [0.25, 0.3) is 5.91 Å². The molecular formula is C63H91N11O8. The van der Waals surface area contributed by atoms with Crippen LogP contribution in [-0.2, 0) is 51.1 Å². The number of benzene rings is 1. The quantitative estimate of drug-likeness (QED) is 0.189. The van der Waals surface area contributed by atoms with Gasteiger partial charge in [0.2, 0.25) is 11.8 Å². The number of cyclic esters (lactones) is 1. The number of amides is 3. The van der Waals surface area contributed by atoms with E-state index < -0.39 is 23.5 Å². The number of aromatic nitrogens is 2. The fourth-order valence-electron chi connectivity index (χ4n) is 16.2. The number of likely N-dealkylation sites (N-methyl/N-ethyl adjacent to an activating group) is 1. The maximum Gasteiger partial charge on any atom is 0.324 e. The fraction of sp³-hybridized carbons (Fsp3) is 0.730. The molecule has 2 N–H and O–H groups in total. The van der Waals surface area contributed by atoms with Crippen molar-refractivity contribution < 1.29 is 38.1 Å². The van der Waals surface area contributed by atoms with Crippen LogP contribution < -0.4 is 20.5 Å². The molecule has 6 bridgehead atoms. The summed E-state index contributed by atoms with van der Waals surface area (Å²) < 4.78 is 27.4. The van der Waals surface area contributed by atoms with Crippen LogP contribution >= 0.6 is 0 Å². The van der Waals surface area contributed by atoms with Crippen molar-refractivity contribution in [2.45, 2.75) is 160 Å². The van der Waals surface area contributed by atoms with E-state index in [2.05, 4.69) is 104 Å². The predicted molar refractivity (Wildman–Crippen MR) is 313 cm³/mol. The molecule has 3 amide bonds. The van der Waals surface area contributed by atoms with E-state index in [0.29, 0.717) is 70.0 Å². The van der Waals surface area contributed by atoms with Crippen molar-refractivity contribution in [1.29, 1.82) is 0 Å². The van der Waals surface area contributed by atoms with Crippen LogP contribution in [0.25, 0.3) is 22.2 Å². The molecule has 19 heteroatoms. The van der Waals surface area contributed by atoms with Crippen molar-refractivity contribution in [3.05, 3.63) is 41.7 Å². The van der Waals surface area contributed by atoms with Crippen molar-refractivity contribution >= 4 is 46.0 Å². The number of hydrogen-bond donors (Lipinski definition) is 2. The molecule has 2 saturated carbocycles. The number of likely N-dealkylation sites (tertiary alicyclic amines) is 2. The number of hydrazine groups is 1. The van der Waals surface area contributed by atoms with Crippen LogP contribution in [0.1, 0.15) is 116 Å². The number of esters is 1. The van der Waals surface area contributed by atoms with Crippen molar-refractivity contribution in [1.82, 2.24) is 44.9 Å². The molecule has 10 atom stereocenters. The van der Waals surface area contributed by atoms with Gasteiger partial charge in [-0.2, -0.15) is 0 Å². The topological polar surface area (TPSA) is 170 Å². The summed E-state index contributed by atoms with van der Waals surface area (Å²) in [5.74, 6) is 0.373. The summed E-state index contributed by atoms with van der Waals surface area (Å²) in [7, 11) is 3.85. The van der Waals surface area contributed by atoms with Gasteiger partial charge in [-0.25, -0.2) is 5.43 Å². The SMILES string of the molecule is CCn1c(-c2cc(N3CCN4CCOC[C@@H]4C3)cnc2[C@H](C)OC)c2c3cc(ccc31)N1CCO[C@@H](C[C@H](NC(=O)[C@H](C3CCCC3)N3CC[C@]4(CCN(C(=O)[C@H]5[C@@H](C6CC6)N5C)C4)C3)C(=O)N3CCC[C@H](N3)C(=O)OCC(C)(C)C2)C1. The molecule has 7 saturated heterocycles. The van der Waals surface area contributed by atoms with Crippen LogP contribution in [0.2, 0.25) is 0 Å². The van der Waals surface area contributed by atoms with Gasteiger partial charge in [-0.05, 0) is 127 Å². The van der Waals surface area contributed by atoms with Gasteiger partial charge in [0, 0.05) is 125 Å². The lowest BCUT2D eigenvalue weighted by molar-refractivity contribution is -0.156. The predicted octanol–water partition coefficient (Wildman–Crippen LogP) is 5.23. The van der Waals surface area contributed by atoms with E-state index in [0.717, 1.165) is 143 Å². The number of anilines is 2. The monoisotopic (exact) mass is 1130 g/mol. The Balaban J connectivity index is 0.809. The minimum absolute atomic E-state index is 0.0228. The zero-order valence-corrected chi connectivity index (χ0v) is 49.8. The number of nitrogens with one attached hydrogen (secondary N) is 2. The van der Waals surface area contributed by atoms with Crippen molar-refractivity contribution in [2.75, 3.05) is 122 Å². The van der Waals surface area contributed by atoms with E-state index in [9.17, 15) is 9.59 Å². The number of piperazine rings is 1. The van der Waals surface area contributed by atoms with E-state index >= 15 is 9.59 Å². The summed E-state index contributed by atoms with van der Waals surface area (Å²) in [5, 5.41) is 6.11. The van der Waals surface area contributed by atoms with Crippen LogP contribution in [0, 0.1) is 22.7 Å². The molecule has 0 radical (unpaired) electrons. The number of nitrogens with zero attached hydrogens (tertiary/aromatic N) is 9. The van der Waals surface area contributed by atoms with Crippen LogP contribution in [-0.4, -0.2) is 213 Å². The summed E-state index contributed by atoms with van der Waals surface area (Å²) in [5.41, 5.74) is 10.2. The van der Waals surface area contributed by atoms with Crippen molar-refractivity contribution in [3.8, 4) is 11.3 Å². The van der Waals surface area contributed by atoms with Crippen LogP contribution in [0.4, 0.5) is 11.4 Å². The molecule has 13 rings (SSSR count). The molecule has 1 aromatic carbocycles. The number of ether oxygens (including phenoxy) is 4. The van der Waals surface area contributed by atoms with Gasteiger partial charge in [-0.1, -0.05) is 26.7 Å². The van der Waals surface area contributed by atoms with Gasteiger partial charge in [-0.15, -0.1) is 0 Å². The zero-order valence-electron chi connectivity index (χ0n) is 49.8. The number of aryl methyl sites for hydroxylation is 1. The minimum atomic E-state index is -0.907. The first kappa shape index (κ1) is 56.3. The third-order valence-electron chi connectivity index (χ3n) is 21.0. The van der Waals surface area contributed by atoms with Gasteiger partial charge in [0.1, 0.15) is 18.1 Å². The molecule has 2 aliphatic carbocycles. The molecule has 446 valence electrons. The minimum Gasteiger partial charge on any atom is -0.464 e. The summed E-state index contributed by atoms with van der Waals surface area (Å²) in [6.07, 6.45) is 11.8. The summed E-state index contributed by atoms with van der Waals surface area (Å²) in [6.45, 7) is 19.9. The van der Waals surface area contributed by atoms with E-state index in [1.807, 2.05) is 6.20 Å². The van der Waals surface area contributed by atoms with Crippen LogP contribution in [0.5, 0.6) is 0 Å². The van der Waals surface area contributed by atoms with E-state index in [1.165, 1.54) is 18.4 Å². The Morgan fingerprint density at radius 1 is 0.915 bits per heavy atom. The molecule has 1 spiro atoms. The molecule has 9 fully saturated rings. The number of hydrogen-bond acceptors (Lipinski definition) is 15. The normalized spacial score (nSPS) is 32.0. The average molecular weight is 1130 g/mol. The Bertz CT molecular complexity index is 2890. The van der Waals surface area contributed by atoms with E-state index in [-0.39, 0.29) is 66.4 Å². The third kappa shape index (κ3) is 10.9. The molecule has 82 heavy (non-hydrogen) atoms. The Kier molecular flexibility index (Phi) is 15.7. The average Bonchev–Trinajstić information content (AvgIpc) is 3.76. The zero-order chi connectivity index (χ0) is 56.6. The highest BCUT2D eigenvalue weighted by molar-refractivity contribution is 5.95. The number of morpholine rings is 2. The first-order chi connectivity index (χ1) is 39.7. The number of rotatable bonds is 11. The highest BCUT2D eigenvalue weighted by atomic mass is 16.5. The largest absolute Gasteiger partial charge is 0.464 e. The first-order valence-corrected chi connectivity index (χ1v) is 31.6. The van der Waals surface area contributed by atoms with Crippen molar-refractivity contribution in [2.24, 2.45) is 22.7 Å². The molecule has 19 nitrogen and oxygen atoms in total. The number of carbonyl (C=O) groups is 4. The molecule has 8 aliphatic heterocycles. The summed E-state index contributed by atoms with van der Waals surface area (Å²) in [6, 6.07) is 7.87. The first-order valence-electron chi connectivity index (χ1n) is 31.6. The Labute approximate surface area is 484 Å². The molecule has 2 aromatic heterocycles. The van der Waals surface area contributed by atoms with E-state index in [4.69, 9.17) is 23.9 Å². The van der Waals surface area contributed by atoms with Gasteiger partial charge >= 0.3 is 5.97 Å². The molecule has 10 aliphatic rings. The van der Waals surface area contributed by atoms with Gasteiger partial charge in [0.05, 0.1) is 74.0 Å². The molecule has 1 unspecified atom stereocenters. The number of methoxy groups -OCH3 is 1. The van der Waals surface area contributed by atoms with Gasteiger partial charge in [0.15, 0.2) is 0 Å². The molecular weight excluding hydrogens is 1040 g/mol. The second-order valence-corrected chi connectivity index (χ2v) is 27.1. The highest BCUT2D eigenvalue weighted by Gasteiger charge is 2.59. The lowest BCUT2D eigenvalue weighted by atomic mass is 9.84. The maximum absolute atomic E-state index is 15.4. The number of carbonyl (C=O) groups excluding carboxylic acids is 4.